The van der Waals surface area contributed by atoms with Crippen molar-refractivity contribution in [2.75, 3.05) is 59.0 Å². The fourth-order valence-electron chi connectivity index (χ4n) is 3.18. The minimum absolute atomic E-state index is 0.548. The Kier molecular flexibility index (Phi) is 6.43. The van der Waals surface area contributed by atoms with E-state index in [-0.39, 0.29) is 0 Å². The molecule has 2 aliphatic rings. The zero-order valence-corrected chi connectivity index (χ0v) is 14.1. The van der Waals surface area contributed by atoms with Crippen molar-refractivity contribution < 1.29 is 13.2 Å². The van der Waals surface area contributed by atoms with Gasteiger partial charge in [-0.1, -0.05) is 13.8 Å². The molecule has 2 saturated heterocycles. The van der Waals surface area contributed by atoms with E-state index in [1.807, 2.05) is 13.8 Å². The summed E-state index contributed by atoms with van der Waals surface area (Å²) in [6.45, 7) is 11.0. The molecule has 0 aromatic carbocycles. The van der Waals surface area contributed by atoms with Gasteiger partial charge in [0.2, 0.25) is 0 Å². The highest BCUT2D eigenvalue weighted by Crippen LogP contribution is 2.22. The largest absolute Gasteiger partial charge is 0.379 e. The van der Waals surface area contributed by atoms with Gasteiger partial charge in [-0.05, 0) is 18.8 Å². The minimum atomic E-state index is -3.25. The zero-order chi connectivity index (χ0) is 15.3. The van der Waals surface area contributed by atoms with Crippen molar-refractivity contribution in [2.24, 2.45) is 5.92 Å². The van der Waals surface area contributed by atoms with Crippen LogP contribution in [0.15, 0.2) is 0 Å². The lowest BCUT2D eigenvalue weighted by Gasteiger charge is -2.37. The Morgan fingerprint density at radius 2 is 1.62 bits per heavy atom. The summed E-state index contributed by atoms with van der Waals surface area (Å²) in [5.41, 5.74) is 0. The molecule has 0 aliphatic carbocycles. The summed E-state index contributed by atoms with van der Waals surface area (Å²) in [6, 6.07) is 0. The Balaban J connectivity index is 1.82. The van der Waals surface area contributed by atoms with Gasteiger partial charge in [0.15, 0.2) is 0 Å². The number of hydrogen-bond acceptors (Lipinski definition) is 4. The topological polar surface area (TPSA) is 53.1 Å². The summed E-state index contributed by atoms with van der Waals surface area (Å²) in [7, 11) is -3.25. The fraction of sp³-hybridized carbons (Fsp3) is 1.00. The molecular formula is C14H29N3O3S. The molecule has 7 heteroatoms. The van der Waals surface area contributed by atoms with Crippen LogP contribution in [0.3, 0.4) is 0 Å². The molecule has 21 heavy (non-hydrogen) atoms. The number of ether oxygens (including phenoxy) is 1. The van der Waals surface area contributed by atoms with E-state index in [1.54, 1.807) is 8.61 Å². The monoisotopic (exact) mass is 319 g/mol. The maximum absolute atomic E-state index is 12.5. The summed E-state index contributed by atoms with van der Waals surface area (Å²) < 4.78 is 33.5. The quantitative estimate of drug-likeness (QED) is 0.720. The third-order valence-electron chi connectivity index (χ3n) is 4.55. The summed E-state index contributed by atoms with van der Waals surface area (Å²) in [5, 5.41) is 0. The molecule has 0 aromatic rings. The van der Waals surface area contributed by atoms with E-state index < -0.39 is 10.2 Å². The third kappa shape index (κ3) is 4.39. The van der Waals surface area contributed by atoms with Gasteiger partial charge in [0.1, 0.15) is 0 Å². The summed E-state index contributed by atoms with van der Waals surface area (Å²) in [4.78, 5) is 2.45. The van der Waals surface area contributed by atoms with Gasteiger partial charge < -0.3 is 4.74 Å². The Bertz CT molecular complexity index is 398. The number of rotatable bonds is 6. The van der Waals surface area contributed by atoms with Crippen LogP contribution in [0.5, 0.6) is 0 Å². The lowest BCUT2D eigenvalue weighted by Crippen LogP contribution is -2.48. The average Bonchev–Trinajstić information content (AvgIpc) is 2.50. The van der Waals surface area contributed by atoms with Gasteiger partial charge in [-0.3, -0.25) is 4.90 Å². The second kappa shape index (κ2) is 7.87. The van der Waals surface area contributed by atoms with Crippen molar-refractivity contribution in [1.29, 1.82) is 0 Å². The molecular weight excluding hydrogens is 290 g/mol. The van der Waals surface area contributed by atoms with Crippen LogP contribution in [0, 0.1) is 5.92 Å². The first kappa shape index (κ1) is 17.1. The SMILES string of the molecule is CCN(CC)S(=O)(=O)N1CCC(CN2CCOCC2)CC1. The fourth-order valence-corrected chi connectivity index (χ4v) is 4.84. The molecule has 0 aromatic heterocycles. The molecule has 0 radical (unpaired) electrons. The van der Waals surface area contributed by atoms with Gasteiger partial charge in [0.25, 0.3) is 10.2 Å². The molecule has 0 saturated carbocycles. The van der Waals surface area contributed by atoms with Crippen LogP contribution in [0.25, 0.3) is 0 Å². The van der Waals surface area contributed by atoms with E-state index in [0.29, 0.717) is 32.1 Å². The first-order valence-electron chi connectivity index (χ1n) is 8.13. The summed E-state index contributed by atoms with van der Waals surface area (Å²) in [5.74, 6) is 0.617. The highest BCUT2D eigenvalue weighted by Gasteiger charge is 2.32. The highest BCUT2D eigenvalue weighted by molar-refractivity contribution is 7.86. The predicted octanol–water partition coefficient (Wildman–Crippen LogP) is 0.617. The first-order chi connectivity index (χ1) is 10.1. The van der Waals surface area contributed by atoms with Crippen LogP contribution in [0.4, 0.5) is 0 Å². The van der Waals surface area contributed by atoms with Crippen molar-refractivity contribution in [1.82, 2.24) is 13.5 Å². The second-order valence-electron chi connectivity index (χ2n) is 5.85. The Labute approximate surface area is 129 Å². The molecule has 2 rings (SSSR count). The Morgan fingerprint density at radius 1 is 1.05 bits per heavy atom. The van der Waals surface area contributed by atoms with Crippen LogP contribution < -0.4 is 0 Å². The zero-order valence-electron chi connectivity index (χ0n) is 13.3. The van der Waals surface area contributed by atoms with Crippen LogP contribution in [0.1, 0.15) is 26.7 Å². The molecule has 0 bridgehead atoms. The van der Waals surface area contributed by atoms with E-state index in [0.717, 1.165) is 45.7 Å². The number of hydrogen-bond donors (Lipinski definition) is 0. The summed E-state index contributed by atoms with van der Waals surface area (Å²) in [6.07, 6.45) is 1.94. The molecule has 6 nitrogen and oxygen atoms in total. The van der Waals surface area contributed by atoms with Gasteiger partial charge in [-0.25, -0.2) is 0 Å². The van der Waals surface area contributed by atoms with Crippen LogP contribution in [-0.4, -0.2) is 81.0 Å². The molecule has 0 amide bonds. The number of piperidine rings is 1. The number of morpholine rings is 1. The maximum atomic E-state index is 12.5. The lowest BCUT2D eigenvalue weighted by molar-refractivity contribution is 0.0267. The molecule has 0 spiro atoms. The Morgan fingerprint density at radius 3 is 2.14 bits per heavy atom. The van der Waals surface area contributed by atoms with E-state index in [9.17, 15) is 8.42 Å². The van der Waals surface area contributed by atoms with E-state index >= 15 is 0 Å². The number of nitrogens with zero attached hydrogens (tertiary/aromatic N) is 3. The van der Waals surface area contributed by atoms with E-state index in [4.69, 9.17) is 4.74 Å². The van der Waals surface area contributed by atoms with Crippen molar-refractivity contribution in [2.45, 2.75) is 26.7 Å². The van der Waals surface area contributed by atoms with E-state index in [2.05, 4.69) is 4.90 Å². The Hall–Kier alpha value is -0.210. The maximum Gasteiger partial charge on any atom is 0.281 e. The van der Waals surface area contributed by atoms with Gasteiger partial charge >= 0.3 is 0 Å². The average molecular weight is 319 g/mol. The molecule has 124 valence electrons. The molecule has 0 atom stereocenters. The molecule has 2 aliphatic heterocycles. The van der Waals surface area contributed by atoms with Crippen LogP contribution in [-0.2, 0) is 14.9 Å². The minimum Gasteiger partial charge on any atom is -0.379 e. The van der Waals surface area contributed by atoms with Crippen molar-refractivity contribution >= 4 is 10.2 Å². The smallest absolute Gasteiger partial charge is 0.281 e. The van der Waals surface area contributed by atoms with E-state index in [1.165, 1.54) is 0 Å². The molecule has 2 heterocycles. The molecule has 0 N–H and O–H groups in total. The summed E-state index contributed by atoms with van der Waals surface area (Å²) >= 11 is 0. The van der Waals surface area contributed by atoms with Crippen molar-refractivity contribution in [3.8, 4) is 0 Å². The highest BCUT2D eigenvalue weighted by atomic mass is 32.2. The predicted molar refractivity (Wildman–Crippen MR) is 83.4 cm³/mol. The second-order valence-corrected chi connectivity index (χ2v) is 7.78. The molecule has 0 unspecified atom stereocenters. The van der Waals surface area contributed by atoms with Gasteiger partial charge in [-0.2, -0.15) is 17.0 Å². The van der Waals surface area contributed by atoms with Gasteiger partial charge in [0, 0.05) is 45.8 Å². The van der Waals surface area contributed by atoms with Crippen molar-refractivity contribution in [3.63, 3.8) is 0 Å². The third-order valence-corrected chi connectivity index (χ3v) is 6.74. The van der Waals surface area contributed by atoms with Gasteiger partial charge in [0.05, 0.1) is 13.2 Å². The molecule has 2 fully saturated rings. The van der Waals surface area contributed by atoms with Crippen molar-refractivity contribution in [3.05, 3.63) is 0 Å². The lowest BCUT2D eigenvalue weighted by atomic mass is 9.97. The van der Waals surface area contributed by atoms with Crippen LogP contribution in [0.2, 0.25) is 0 Å². The first-order valence-corrected chi connectivity index (χ1v) is 9.53. The van der Waals surface area contributed by atoms with Gasteiger partial charge in [-0.15, -0.1) is 0 Å². The normalized spacial score (nSPS) is 23.8. The van der Waals surface area contributed by atoms with Crippen LogP contribution >= 0.6 is 0 Å². The standard InChI is InChI=1S/C14H29N3O3S/c1-3-16(4-2)21(18,19)17-7-5-14(6-8-17)13-15-9-11-20-12-10-15/h14H,3-13H2,1-2H3.